The third-order valence-electron chi connectivity index (χ3n) is 2.33. The van der Waals surface area contributed by atoms with Gasteiger partial charge in [-0.15, -0.1) is 21.5 Å². The summed E-state index contributed by atoms with van der Waals surface area (Å²) in [5.74, 6) is 0. The van der Waals surface area contributed by atoms with Gasteiger partial charge in [-0.05, 0) is 19.3 Å². The molecule has 2 aromatic heterocycles. The van der Waals surface area contributed by atoms with Gasteiger partial charge in [0.15, 0.2) is 5.01 Å². The highest BCUT2D eigenvalue weighted by atomic mass is 32.1. The maximum absolute atomic E-state index is 5.63. The molecule has 0 aliphatic carbocycles. The summed E-state index contributed by atoms with van der Waals surface area (Å²) in [6, 6.07) is 0. The summed E-state index contributed by atoms with van der Waals surface area (Å²) < 4.78 is 0. The Bertz CT molecular complexity index is 489. The molecule has 0 amide bonds. The largest absolute Gasteiger partial charge is 0.374 e. The van der Waals surface area contributed by atoms with Gasteiger partial charge in [-0.3, -0.25) is 0 Å². The van der Waals surface area contributed by atoms with Gasteiger partial charge in [0, 0.05) is 0 Å². The van der Waals surface area contributed by atoms with Crippen LogP contribution in [0.25, 0.3) is 9.88 Å². The molecule has 0 radical (unpaired) electrons. The van der Waals surface area contributed by atoms with E-state index in [0.717, 1.165) is 41.3 Å². The van der Waals surface area contributed by atoms with Gasteiger partial charge in [0.2, 0.25) is 5.13 Å². The topological polar surface area (TPSA) is 64.7 Å². The van der Waals surface area contributed by atoms with Gasteiger partial charge in [0.05, 0.1) is 15.6 Å². The van der Waals surface area contributed by atoms with E-state index in [1.807, 2.05) is 0 Å². The fourth-order valence-corrected chi connectivity index (χ4v) is 3.53. The second kappa shape index (κ2) is 5.55. The van der Waals surface area contributed by atoms with Crippen molar-refractivity contribution < 1.29 is 0 Å². The summed E-state index contributed by atoms with van der Waals surface area (Å²) in [5, 5.41) is 10.6. The molecule has 0 spiro atoms. The van der Waals surface area contributed by atoms with Gasteiger partial charge >= 0.3 is 0 Å². The molecule has 0 fully saturated rings. The van der Waals surface area contributed by atoms with E-state index in [9.17, 15) is 0 Å². The number of hydrogen-bond donors (Lipinski definition) is 1. The van der Waals surface area contributed by atoms with Gasteiger partial charge in [-0.2, -0.15) is 0 Å². The standard InChI is InChI=1S/C11H16N4S2/c1-3-5-7-9(10-14-15-11(12)17-10)16-8(13-7)6-4-2/h3-6H2,1-2H3,(H2,12,15). The van der Waals surface area contributed by atoms with Crippen molar-refractivity contribution in [1.29, 1.82) is 0 Å². The van der Waals surface area contributed by atoms with Gasteiger partial charge in [0.1, 0.15) is 0 Å². The van der Waals surface area contributed by atoms with E-state index in [4.69, 9.17) is 10.7 Å². The van der Waals surface area contributed by atoms with E-state index in [-0.39, 0.29) is 0 Å². The minimum atomic E-state index is 0.521. The van der Waals surface area contributed by atoms with Crippen LogP contribution in [0.4, 0.5) is 5.13 Å². The molecule has 0 aliphatic rings. The maximum Gasteiger partial charge on any atom is 0.203 e. The molecule has 4 nitrogen and oxygen atoms in total. The predicted molar refractivity (Wildman–Crippen MR) is 73.4 cm³/mol. The summed E-state index contributed by atoms with van der Waals surface area (Å²) in [6.45, 7) is 4.33. The first-order valence-electron chi connectivity index (χ1n) is 5.82. The molecule has 0 unspecified atom stereocenters. The van der Waals surface area contributed by atoms with Crippen LogP contribution >= 0.6 is 22.7 Å². The normalized spacial score (nSPS) is 10.9. The number of nitrogens with zero attached hydrogens (tertiary/aromatic N) is 3. The van der Waals surface area contributed by atoms with Gasteiger partial charge in [-0.25, -0.2) is 4.98 Å². The molecule has 92 valence electrons. The number of thiazole rings is 1. The van der Waals surface area contributed by atoms with Gasteiger partial charge in [-0.1, -0.05) is 31.6 Å². The summed E-state index contributed by atoms with van der Waals surface area (Å²) in [5.41, 5.74) is 6.78. The van der Waals surface area contributed by atoms with Crippen molar-refractivity contribution >= 4 is 27.8 Å². The van der Waals surface area contributed by atoms with E-state index < -0.39 is 0 Å². The molecule has 2 rings (SSSR count). The highest BCUT2D eigenvalue weighted by Gasteiger charge is 2.15. The van der Waals surface area contributed by atoms with Crippen molar-refractivity contribution in [1.82, 2.24) is 15.2 Å². The molecular weight excluding hydrogens is 252 g/mol. The Morgan fingerprint density at radius 1 is 1.06 bits per heavy atom. The molecule has 0 saturated carbocycles. The van der Waals surface area contributed by atoms with Gasteiger partial charge < -0.3 is 5.73 Å². The highest BCUT2D eigenvalue weighted by Crippen LogP contribution is 2.34. The number of rotatable bonds is 5. The van der Waals surface area contributed by atoms with E-state index in [0.29, 0.717) is 5.13 Å². The molecular formula is C11H16N4S2. The van der Waals surface area contributed by atoms with Crippen LogP contribution in [0.3, 0.4) is 0 Å². The SMILES string of the molecule is CCCc1nc(CCC)c(-c2nnc(N)s2)s1. The van der Waals surface area contributed by atoms with Crippen LogP contribution in [0.15, 0.2) is 0 Å². The molecule has 0 saturated heterocycles. The zero-order valence-corrected chi connectivity index (χ0v) is 11.7. The van der Waals surface area contributed by atoms with E-state index >= 15 is 0 Å². The fourth-order valence-electron chi connectivity index (χ4n) is 1.62. The lowest BCUT2D eigenvalue weighted by Gasteiger charge is -1.94. The molecule has 0 bridgehead atoms. The Balaban J connectivity index is 2.36. The van der Waals surface area contributed by atoms with Crippen LogP contribution in [0, 0.1) is 0 Å². The zero-order chi connectivity index (χ0) is 12.3. The number of aromatic nitrogens is 3. The molecule has 0 aliphatic heterocycles. The van der Waals surface area contributed by atoms with Crippen molar-refractivity contribution in [3.05, 3.63) is 10.7 Å². The average Bonchev–Trinajstić information content (AvgIpc) is 2.86. The Kier molecular flexibility index (Phi) is 4.06. The molecule has 0 atom stereocenters. The molecule has 2 N–H and O–H groups in total. The third-order valence-corrected chi connectivity index (χ3v) is 4.39. The van der Waals surface area contributed by atoms with E-state index in [1.54, 1.807) is 11.3 Å². The van der Waals surface area contributed by atoms with Crippen molar-refractivity contribution in [2.75, 3.05) is 5.73 Å². The number of hydrogen-bond acceptors (Lipinski definition) is 6. The van der Waals surface area contributed by atoms with Crippen molar-refractivity contribution in [2.45, 2.75) is 39.5 Å². The second-order valence-electron chi connectivity index (χ2n) is 3.83. The quantitative estimate of drug-likeness (QED) is 0.904. The number of nitrogens with two attached hydrogens (primary N) is 1. The number of nitrogen functional groups attached to an aromatic ring is 1. The molecule has 2 heterocycles. The van der Waals surface area contributed by atoms with Crippen molar-refractivity contribution in [3.8, 4) is 9.88 Å². The lowest BCUT2D eigenvalue weighted by molar-refractivity contribution is 0.858. The molecule has 0 aromatic carbocycles. The summed E-state index contributed by atoms with van der Waals surface area (Å²) in [6.07, 6.45) is 4.25. The lowest BCUT2D eigenvalue weighted by Crippen LogP contribution is -1.88. The average molecular weight is 268 g/mol. The zero-order valence-electron chi connectivity index (χ0n) is 10.1. The second-order valence-corrected chi connectivity index (χ2v) is 5.92. The first kappa shape index (κ1) is 12.4. The smallest absolute Gasteiger partial charge is 0.203 e. The van der Waals surface area contributed by atoms with Crippen molar-refractivity contribution in [3.63, 3.8) is 0 Å². The van der Waals surface area contributed by atoms with Crippen molar-refractivity contribution in [2.24, 2.45) is 0 Å². The summed E-state index contributed by atoms with van der Waals surface area (Å²) in [4.78, 5) is 5.85. The Hall–Kier alpha value is -1.01. The summed E-state index contributed by atoms with van der Waals surface area (Å²) >= 11 is 3.17. The van der Waals surface area contributed by atoms with Crippen LogP contribution in [0.5, 0.6) is 0 Å². The summed E-state index contributed by atoms with van der Waals surface area (Å²) in [7, 11) is 0. The van der Waals surface area contributed by atoms with Crippen LogP contribution in [0.2, 0.25) is 0 Å². The van der Waals surface area contributed by atoms with Gasteiger partial charge in [0.25, 0.3) is 0 Å². The Labute approximate surface area is 109 Å². The Morgan fingerprint density at radius 3 is 2.41 bits per heavy atom. The minimum Gasteiger partial charge on any atom is -0.374 e. The van der Waals surface area contributed by atoms with E-state index in [2.05, 4.69) is 24.0 Å². The number of anilines is 1. The first-order chi connectivity index (χ1) is 8.24. The minimum absolute atomic E-state index is 0.521. The maximum atomic E-state index is 5.63. The highest BCUT2D eigenvalue weighted by molar-refractivity contribution is 7.23. The molecule has 17 heavy (non-hydrogen) atoms. The van der Waals surface area contributed by atoms with E-state index in [1.165, 1.54) is 16.3 Å². The Morgan fingerprint density at radius 2 is 1.82 bits per heavy atom. The van der Waals surface area contributed by atoms with Crippen LogP contribution in [-0.2, 0) is 12.8 Å². The van der Waals surface area contributed by atoms with Crippen LogP contribution < -0.4 is 5.73 Å². The van der Waals surface area contributed by atoms with Crippen LogP contribution in [-0.4, -0.2) is 15.2 Å². The first-order valence-corrected chi connectivity index (χ1v) is 7.45. The molecule has 2 aromatic rings. The lowest BCUT2D eigenvalue weighted by atomic mass is 10.2. The third kappa shape index (κ3) is 2.81. The molecule has 6 heteroatoms. The number of aryl methyl sites for hydroxylation is 2. The predicted octanol–water partition coefficient (Wildman–Crippen LogP) is 3.15. The van der Waals surface area contributed by atoms with Crippen LogP contribution in [0.1, 0.15) is 37.4 Å². The fraction of sp³-hybridized carbons (Fsp3) is 0.545. The monoisotopic (exact) mass is 268 g/mol.